The highest BCUT2D eigenvalue weighted by Crippen LogP contribution is 2.38. The molecule has 48 heavy (non-hydrogen) atoms. The van der Waals surface area contributed by atoms with Crippen LogP contribution in [-0.4, -0.2) is 44.3 Å². The third-order valence-corrected chi connectivity index (χ3v) is 9.80. The number of amides is 2. The largest absolute Gasteiger partial charge is 0.417 e. The first-order chi connectivity index (χ1) is 22.7. The topological polar surface area (TPSA) is 86.8 Å². The Morgan fingerprint density at radius 1 is 0.854 bits per heavy atom. The van der Waals surface area contributed by atoms with E-state index >= 15 is 0 Å². The molecule has 7 nitrogen and oxygen atoms in total. The Morgan fingerprint density at radius 3 is 2.15 bits per heavy atom. The van der Waals surface area contributed by atoms with E-state index in [0.717, 1.165) is 28.8 Å². The Bertz CT molecular complexity index is 1840. The summed E-state index contributed by atoms with van der Waals surface area (Å²) < 4.78 is 70.8. The van der Waals surface area contributed by atoms with Crippen molar-refractivity contribution in [3.63, 3.8) is 0 Å². The van der Waals surface area contributed by atoms with Crippen LogP contribution < -0.4 is 9.62 Å². The Hall–Kier alpha value is -4.35. The van der Waals surface area contributed by atoms with E-state index in [1.165, 1.54) is 17.0 Å². The molecule has 4 aromatic rings. The summed E-state index contributed by atoms with van der Waals surface area (Å²) in [6.07, 6.45) is -4.15. The summed E-state index contributed by atoms with van der Waals surface area (Å²) in [4.78, 5) is 29.3. The van der Waals surface area contributed by atoms with Crippen LogP contribution in [0.1, 0.15) is 41.2 Å². The second-order valence-corrected chi connectivity index (χ2v) is 13.8. The molecule has 0 spiro atoms. The lowest BCUT2D eigenvalue weighted by atomic mass is 10.0. The average molecular weight is 700 g/mol. The molecule has 0 aromatic heterocycles. The normalized spacial score (nSPS) is 12.3. The monoisotopic (exact) mass is 699 g/mol. The fourth-order valence-corrected chi connectivity index (χ4v) is 6.81. The molecule has 0 saturated heterocycles. The van der Waals surface area contributed by atoms with Gasteiger partial charge in [-0.3, -0.25) is 13.9 Å². The number of hydrogen-bond donors (Lipinski definition) is 1. The van der Waals surface area contributed by atoms with Crippen molar-refractivity contribution in [2.24, 2.45) is 0 Å². The minimum Gasteiger partial charge on any atom is -0.354 e. The maximum absolute atomic E-state index is 14.5. The maximum Gasteiger partial charge on any atom is 0.417 e. The zero-order chi connectivity index (χ0) is 35.1. The predicted molar refractivity (Wildman–Crippen MR) is 181 cm³/mol. The van der Waals surface area contributed by atoms with Gasteiger partial charge in [0.2, 0.25) is 11.8 Å². The van der Waals surface area contributed by atoms with Crippen molar-refractivity contribution in [2.75, 3.05) is 17.4 Å². The molecule has 0 aliphatic heterocycles. The van der Waals surface area contributed by atoms with Crippen LogP contribution in [0.25, 0.3) is 0 Å². The third-order valence-electron chi connectivity index (χ3n) is 7.69. The molecule has 0 radical (unpaired) electrons. The van der Waals surface area contributed by atoms with Gasteiger partial charge in [-0.05, 0) is 61.7 Å². The van der Waals surface area contributed by atoms with Crippen molar-refractivity contribution in [3.8, 4) is 0 Å². The van der Waals surface area contributed by atoms with Crippen molar-refractivity contribution >= 4 is 39.1 Å². The molecule has 0 saturated carbocycles. The molecule has 0 aliphatic carbocycles. The molecule has 0 aliphatic rings. The molecule has 1 N–H and O–H groups in total. The first-order valence-electron chi connectivity index (χ1n) is 15.3. The highest BCUT2D eigenvalue weighted by molar-refractivity contribution is 7.92. The summed E-state index contributed by atoms with van der Waals surface area (Å²) >= 11 is 5.88. The van der Waals surface area contributed by atoms with E-state index in [1.807, 2.05) is 44.2 Å². The number of nitrogens with one attached hydrogen (secondary N) is 1. The molecule has 0 bridgehead atoms. The van der Waals surface area contributed by atoms with Gasteiger partial charge in [0.1, 0.15) is 12.6 Å². The molecule has 2 amide bonds. The Balaban J connectivity index is 1.86. The van der Waals surface area contributed by atoms with Crippen LogP contribution in [0.4, 0.5) is 18.9 Å². The highest BCUT2D eigenvalue weighted by Gasteiger charge is 2.37. The van der Waals surface area contributed by atoms with E-state index in [-0.39, 0.29) is 17.9 Å². The van der Waals surface area contributed by atoms with E-state index < -0.39 is 56.9 Å². The van der Waals surface area contributed by atoms with Crippen LogP contribution in [-0.2, 0) is 38.8 Å². The zero-order valence-electron chi connectivity index (χ0n) is 26.8. The van der Waals surface area contributed by atoms with Crippen molar-refractivity contribution in [3.05, 3.63) is 130 Å². The van der Waals surface area contributed by atoms with Gasteiger partial charge in [0.15, 0.2) is 0 Å². The van der Waals surface area contributed by atoms with Crippen LogP contribution in [0, 0.1) is 13.8 Å². The number of alkyl halides is 3. The summed E-state index contributed by atoms with van der Waals surface area (Å²) in [7, 11) is -4.60. The first-order valence-corrected chi connectivity index (χ1v) is 17.1. The van der Waals surface area contributed by atoms with Crippen LogP contribution >= 0.6 is 11.6 Å². The van der Waals surface area contributed by atoms with Gasteiger partial charge >= 0.3 is 6.18 Å². The lowest BCUT2D eigenvalue weighted by Crippen LogP contribution is -2.53. The van der Waals surface area contributed by atoms with Crippen LogP contribution in [0.15, 0.2) is 102 Å². The van der Waals surface area contributed by atoms with Crippen LogP contribution in [0.2, 0.25) is 5.02 Å². The highest BCUT2D eigenvalue weighted by atomic mass is 35.5. The second kappa shape index (κ2) is 15.7. The van der Waals surface area contributed by atoms with Crippen molar-refractivity contribution in [2.45, 2.75) is 57.3 Å². The Kier molecular flexibility index (Phi) is 11.9. The Morgan fingerprint density at radius 2 is 1.52 bits per heavy atom. The van der Waals surface area contributed by atoms with E-state index in [1.54, 1.807) is 43.3 Å². The fourth-order valence-electron chi connectivity index (χ4n) is 5.18. The van der Waals surface area contributed by atoms with E-state index in [2.05, 4.69) is 5.32 Å². The smallest absolute Gasteiger partial charge is 0.354 e. The summed E-state index contributed by atoms with van der Waals surface area (Å²) in [6, 6.07) is 23.7. The fraction of sp³-hybridized carbons (Fsp3) is 0.278. The van der Waals surface area contributed by atoms with Crippen molar-refractivity contribution in [1.29, 1.82) is 0 Å². The first kappa shape index (κ1) is 36.5. The van der Waals surface area contributed by atoms with Gasteiger partial charge in [-0.2, -0.15) is 13.2 Å². The third kappa shape index (κ3) is 9.17. The molecule has 1 atom stereocenters. The number of hydrogen-bond acceptors (Lipinski definition) is 4. The molecule has 0 fully saturated rings. The lowest BCUT2D eigenvalue weighted by molar-refractivity contribution is -0.140. The summed E-state index contributed by atoms with van der Waals surface area (Å²) in [5.41, 5.74) is 1.44. The average Bonchev–Trinajstić information content (AvgIpc) is 3.04. The van der Waals surface area contributed by atoms with Crippen LogP contribution in [0.3, 0.4) is 0 Å². The summed E-state index contributed by atoms with van der Waals surface area (Å²) in [6.45, 7) is 4.90. The SMILES string of the molecule is CCCNC(=O)[C@H](Cc1ccccc1)N(Cc1cccc(C)c1)C(=O)CN(c1ccc(Cl)c(C(F)(F)F)c1)S(=O)(=O)c1ccc(C)cc1. The number of sulfonamides is 1. The number of benzene rings is 4. The predicted octanol–water partition coefficient (Wildman–Crippen LogP) is 7.34. The minimum atomic E-state index is -4.90. The standard InChI is InChI=1S/C36H37ClF3N3O4S/c1-4-19-41-35(45)33(21-27-10-6-5-7-11-27)42(23-28-12-8-9-26(3)20-28)34(44)24-43(48(46,47)30-16-13-25(2)14-17-30)29-15-18-32(37)31(22-29)36(38,39)40/h5-18,20,22,33H,4,19,21,23-24H2,1-3H3,(H,41,45)/t33-/m0/s1. The number of aryl methyl sites for hydroxylation is 2. The molecule has 12 heteroatoms. The molecule has 0 heterocycles. The molecular weight excluding hydrogens is 663 g/mol. The number of carbonyl (C=O) groups is 2. The Labute approximate surface area is 284 Å². The van der Waals surface area contributed by atoms with Crippen molar-refractivity contribution < 1.29 is 31.2 Å². The number of carbonyl (C=O) groups excluding carboxylic acids is 2. The summed E-state index contributed by atoms with van der Waals surface area (Å²) in [5, 5.41) is 2.23. The summed E-state index contributed by atoms with van der Waals surface area (Å²) in [5.74, 6) is -1.23. The molecular formula is C36H37ClF3N3O4S. The van der Waals surface area contributed by atoms with Gasteiger partial charge in [-0.15, -0.1) is 0 Å². The van der Waals surface area contributed by atoms with Gasteiger partial charge in [0.05, 0.1) is 21.2 Å². The van der Waals surface area contributed by atoms with Gasteiger partial charge in [-0.1, -0.05) is 96.4 Å². The maximum atomic E-state index is 14.5. The quantitative estimate of drug-likeness (QED) is 0.158. The molecule has 0 unspecified atom stereocenters. The van der Waals surface area contributed by atoms with E-state index in [9.17, 15) is 31.2 Å². The minimum absolute atomic E-state index is 0.0651. The molecule has 254 valence electrons. The van der Waals surface area contributed by atoms with Crippen LogP contribution in [0.5, 0.6) is 0 Å². The van der Waals surface area contributed by atoms with E-state index in [0.29, 0.717) is 28.9 Å². The van der Waals surface area contributed by atoms with Crippen molar-refractivity contribution in [1.82, 2.24) is 10.2 Å². The number of nitrogens with zero attached hydrogens (tertiary/aromatic N) is 2. The number of anilines is 1. The second-order valence-electron chi connectivity index (χ2n) is 11.5. The van der Waals surface area contributed by atoms with Gasteiger partial charge in [-0.25, -0.2) is 8.42 Å². The lowest BCUT2D eigenvalue weighted by Gasteiger charge is -2.34. The molecule has 4 aromatic carbocycles. The molecule has 4 rings (SSSR count). The number of rotatable bonds is 13. The van der Waals surface area contributed by atoms with E-state index in [4.69, 9.17) is 11.6 Å². The number of halogens is 4. The zero-order valence-corrected chi connectivity index (χ0v) is 28.4. The van der Waals surface area contributed by atoms with Gasteiger partial charge in [0, 0.05) is 19.5 Å². The van der Waals surface area contributed by atoms with Gasteiger partial charge < -0.3 is 10.2 Å². The van der Waals surface area contributed by atoms with Gasteiger partial charge in [0.25, 0.3) is 10.0 Å².